The van der Waals surface area contributed by atoms with Crippen molar-refractivity contribution in [2.24, 2.45) is 0 Å². The minimum atomic E-state index is -0.410. The highest BCUT2D eigenvalue weighted by Crippen LogP contribution is 2.20. The molecule has 0 saturated carbocycles. The second-order valence-corrected chi connectivity index (χ2v) is 3.72. The maximum atomic E-state index is 11.8. The van der Waals surface area contributed by atoms with Crippen molar-refractivity contribution in [1.29, 1.82) is 0 Å². The number of amides is 1. The third kappa shape index (κ3) is 3.72. The van der Waals surface area contributed by atoms with E-state index in [1.807, 2.05) is 6.92 Å². The van der Waals surface area contributed by atoms with Crippen molar-refractivity contribution in [2.75, 3.05) is 0 Å². The highest BCUT2D eigenvalue weighted by Gasteiger charge is 2.12. The predicted octanol–water partition coefficient (Wildman–Crippen LogP) is 1.63. The van der Waals surface area contributed by atoms with Crippen LogP contribution in [0.3, 0.4) is 0 Å². The molecule has 0 aromatic heterocycles. The van der Waals surface area contributed by atoms with Crippen LogP contribution in [0.5, 0.6) is 11.5 Å². The molecule has 90 valence electrons. The van der Waals surface area contributed by atoms with E-state index in [4.69, 9.17) is 6.42 Å². The van der Waals surface area contributed by atoms with Gasteiger partial charge >= 0.3 is 0 Å². The fourth-order valence-electron chi connectivity index (χ4n) is 1.45. The van der Waals surface area contributed by atoms with Gasteiger partial charge in [-0.05, 0) is 18.6 Å². The van der Waals surface area contributed by atoms with Gasteiger partial charge in [-0.15, -0.1) is 6.42 Å². The molecule has 1 aromatic rings. The quantitative estimate of drug-likeness (QED) is 0.692. The molecule has 1 rings (SSSR count). The first-order valence-electron chi connectivity index (χ1n) is 5.36. The second kappa shape index (κ2) is 5.80. The highest BCUT2D eigenvalue weighted by molar-refractivity contribution is 5.95. The third-order valence-corrected chi connectivity index (χ3v) is 2.25. The van der Waals surface area contributed by atoms with Gasteiger partial charge in [-0.3, -0.25) is 4.79 Å². The summed E-state index contributed by atoms with van der Waals surface area (Å²) in [6.45, 7) is 1.97. The third-order valence-electron chi connectivity index (χ3n) is 2.25. The monoisotopic (exact) mass is 233 g/mol. The summed E-state index contributed by atoms with van der Waals surface area (Å²) >= 11 is 0. The minimum absolute atomic E-state index is 0.164. The second-order valence-electron chi connectivity index (χ2n) is 3.72. The smallest absolute Gasteiger partial charge is 0.252 e. The lowest BCUT2D eigenvalue weighted by atomic mass is 10.1. The summed E-state index contributed by atoms with van der Waals surface area (Å²) < 4.78 is 0. The normalized spacial score (nSPS) is 11.5. The van der Waals surface area contributed by atoms with E-state index in [9.17, 15) is 15.0 Å². The van der Waals surface area contributed by atoms with Crippen molar-refractivity contribution >= 4 is 5.91 Å². The van der Waals surface area contributed by atoms with Crippen LogP contribution in [-0.4, -0.2) is 22.2 Å². The maximum absolute atomic E-state index is 11.8. The van der Waals surface area contributed by atoms with Crippen molar-refractivity contribution in [3.8, 4) is 23.8 Å². The molecule has 17 heavy (non-hydrogen) atoms. The molecule has 0 bridgehead atoms. The molecule has 1 aromatic carbocycles. The van der Waals surface area contributed by atoms with Gasteiger partial charge in [-0.25, -0.2) is 0 Å². The Labute approximate surface area is 100 Å². The lowest BCUT2D eigenvalue weighted by molar-refractivity contribution is 0.0943. The SMILES string of the molecule is C#CC(CCC)NC(=O)c1cc(O)cc(O)c1. The molecule has 0 radical (unpaired) electrons. The maximum Gasteiger partial charge on any atom is 0.252 e. The molecular weight excluding hydrogens is 218 g/mol. The average Bonchev–Trinajstić information content (AvgIpc) is 2.27. The Morgan fingerprint density at radius 2 is 2.00 bits per heavy atom. The summed E-state index contributed by atoms with van der Waals surface area (Å²) in [5, 5.41) is 21.2. The molecule has 1 unspecified atom stereocenters. The number of phenolic OH excluding ortho intramolecular Hbond substituents is 2. The lowest BCUT2D eigenvalue weighted by Gasteiger charge is -2.12. The van der Waals surface area contributed by atoms with Gasteiger partial charge in [0.25, 0.3) is 5.91 Å². The minimum Gasteiger partial charge on any atom is -0.508 e. The number of aromatic hydroxyl groups is 2. The average molecular weight is 233 g/mol. The van der Waals surface area contributed by atoms with E-state index in [1.54, 1.807) is 0 Å². The molecule has 1 atom stereocenters. The first-order chi connectivity index (χ1) is 8.06. The van der Waals surface area contributed by atoms with Gasteiger partial charge in [0.05, 0.1) is 6.04 Å². The zero-order valence-electron chi connectivity index (χ0n) is 9.60. The number of rotatable bonds is 4. The summed E-state index contributed by atoms with van der Waals surface area (Å²) in [5.74, 6) is 1.74. The Hall–Kier alpha value is -2.15. The van der Waals surface area contributed by atoms with E-state index in [0.29, 0.717) is 6.42 Å². The zero-order chi connectivity index (χ0) is 12.8. The lowest BCUT2D eigenvalue weighted by Crippen LogP contribution is -2.33. The Bertz CT molecular complexity index is 428. The molecule has 4 nitrogen and oxygen atoms in total. The van der Waals surface area contributed by atoms with E-state index < -0.39 is 5.91 Å². The van der Waals surface area contributed by atoms with Crippen LogP contribution >= 0.6 is 0 Å². The van der Waals surface area contributed by atoms with Crippen LogP contribution in [0.2, 0.25) is 0 Å². The molecular formula is C13H15NO3. The van der Waals surface area contributed by atoms with Crippen molar-refractivity contribution in [1.82, 2.24) is 5.32 Å². The molecule has 0 saturated heterocycles. The van der Waals surface area contributed by atoms with E-state index >= 15 is 0 Å². The fourth-order valence-corrected chi connectivity index (χ4v) is 1.45. The number of hydrogen-bond donors (Lipinski definition) is 3. The molecule has 0 fully saturated rings. The number of nitrogens with one attached hydrogen (secondary N) is 1. The number of terminal acetylenes is 1. The fraction of sp³-hybridized carbons (Fsp3) is 0.308. The zero-order valence-corrected chi connectivity index (χ0v) is 9.60. The molecule has 0 heterocycles. The van der Waals surface area contributed by atoms with Crippen LogP contribution < -0.4 is 5.32 Å². The standard InChI is InChI=1S/C13H15NO3/c1-3-5-10(4-2)14-13(17)9-6-11(15)8-12(16)7-9/h2,6-8,10,15-16H,3,5H2,1H3,(H,14,17). The van der Waals surface area contributed by atoms with Gasteiger partial charge in [0, 0.05) is 11.6 Å². The number of carbonyl (C=O) groups excluding carboxylic acids is 1. The first kappa shape index (κ1) is 12.9. The molecule has 3 N–H and O–H groups in total. The van der Waals surface area contributed by atoms with Crippen LogP contribution in [0.1, 0.15) is 30.1 Å². The van der Waals surface area contributed by atoms with Gasteiger partial charge in [-0.1, -0.05) is 19.3 Å². The van der Waals surface area contributed by atoms with E-state index in [0.717, 1.165) is 12.5 Å². The summed E-state index contributed by atoms with van der Waals surface area (Å²) in [5.41, 5.74) is 0.179. The predicted molar refractivity (Wildman–Crippen MR) is 64.8 cm³/mol. The molecule has 0 aliphatic heterocycles. The summed E-state index contributed by atoms with van der Waals surface area (Å²) in [7, 11) is 0. The van der Waals surface area contributed by atoms with Crippen molar-refractivity contribution in [3.05, 3.63) is 23.8 Å². The van der Waals surface area contributed by atoms with E-state index in [1.165, 1.54) is 12.1 Å². The topological polar surface area (TPSA) is 69.6 Å². The van der Waals surface area contributed by atoms with Gasteiger partial charge in [0.2, 0.25) is 0 Å². The molecule has 0 aliphatic rings. The summed E-state index contributed by atoms with van der Waals surface area (Å²) in [6.07, 6.45) is 6.83. The largest absolute Gasteiger partial charge is 0.508 e. The summed E-state index contributed by atoms with van der Waals surface area (Å²) in [4.78, 5) is 11.8. The Morgan fingerprint density at radius 3 is 2.47 bits per heavy atom. The first-order valence-corrected chi connectivity index (χ1v) is 5.36. The Balaban J connectivity index is 2.79. The Kier molecular flexibility index (Phi) is 4.41. The Morgan fingerprint density at radius 1 is 1.41 bits per heavy atom. The molecule has 0 spiro atoms. The molecule has 0 aliphatic carbocycles. The molecule has 1 amide bonds. The van der Waals surface area contributed by atoms with Gasteiger partial charge in [-0.2, -0.15) is 0 Å². The van der Waals surface area contributed by atoms with Crippen LogP contribution in [0, 0.1) is 12.3 Å². The van der Waals surface area contributed by atoms with Gasteiger partial charge < -0.3 is 15.5 Å². The number of carbonyl (C=O) groups is 1. The number of benzene rings is 1. The highest BCUT2D eigenvalue weighted by atomic mass is 16.3. The van der Waals surface area contributed by atoms with Crippen LogP contribution in [0.25, 0.3) is 0 Å². The van der Waals surface area contributed by atoms with Crippen molar-refractivity contribution in [3.63, 3.8) is 0 Å². The van der Waals surface area contributed by atoms with Crippen LogP contribution in [0.15, 0.2) is 18.2 Å². The van der Waals surface area contributed by atoms with Crippen LogP contribution in [-0.2, 0) is 0 Å². The van der Waals surface area contributed by atoms with Gasteiger partial charge in [0.1, 0.15) is 11.5 Å². The summed E-state index contributed by atoms with van der Waals surface area (Å²) in [6, 6.07) is 3.36. The van der Waals surface area contributed by atoms with Crippen molar-refractivity contribution < 1.29 is 15.0 Å². The number of hydrogen-bond acceptors (Lipinski definition) is 3. The molecule has 4 heteroatoms. The number of phenols is 2. The van der Waals surface area contributed by atoms with Gasteiger partial charge in [0.15, 0.2) is 0 Å². The van der Waals surface area contributed by atoms with Crippen LogP contribution in [0.4, 0.5) is 0 Å². The van der Waals surface area contributed by atoms with E-state index in [2.05, 4.69) is 11.2 Å². The van der Waals surface area contributed by atoms with E-state index in [-0.39, 0.29) is 23.1 Å². The van der Waals surface area contributed by atoms with Crippen molar-refractivity contribution in [2.45, 2.75) is 25.8 Å².